The largest absolute Gasteiger partial charge is 0.504 e. The average Bonchev–Trinajstić information content (AvgIpc) is 2.58. The molecule has 0 spiro atoms. The first-order valence-electron chi connectivity index (χ1n) is 7.07. The van der Waals surface area contributed by atoms with Crippen LogP contribution in [-0.4, -0.2) is 30.9 Å². The van der Waals surface area contributed by atoms with E-state index in [4.69, 9.17) is 9.47 Å². The van der Waals surface area contributed by atoms with E-state index in [1.165, 1.54) is 12.3 Å². The average molecular weight is 314 g/mol. The number of hydrazone groups is 1. The number of ether oxygens (including phenoxy) is 2. The van der Waals surface area contributed by atoms with Gasteiger partial charge >= 0.3 is 0 Å². The van der Waals surface area contributed by atoms with Gasteiger partial charge in [0, 0.05) is 5.56 Å². The normalized spacial score (nSPS) is 10.5. The summed E-state index contributed by atoms with van der Waals surface area (Å²) in [5.74, 6) is 0.787. The highest BCUT2D eigenvalue weighted by molar-refractivity contribution is 5.95. The molecule has 0 unspecified atom stereocenters. The third kappa shape index (κ3) is 4.47. The van der Waals surface area contributed by atoms with Gasteiger partial charge in [-0.05, 0) is 55.0 Å². The minimum atomic E-state index is -0.326. The second-order valence-corrected chi connectivity index (χ2v) is 4.59. The first kappa shape index (κ1) is 16.4. The molecule has 2 aromatic carbocycles. The van der Waals surface area contributed by atoms with E-state index >= 15 is 0 Å². The summed E-state index contributed by atoms with van der Waals surface area (Å²) >= 11 is 0. The van der Waals surface area contributed by atoms with Crippen LogP contribution in [0.2, 0.25) is 0 Å². The SMILES string of the molecule is CCOc1cc(/C=N\NC(=O)c2ccc(OC)cc2)ccc1O. The predicted molar refractivity (Wildman–Crippen MR) is 87.3 cm³/mol. The Morgan fingerprint density at radius 2 is 2.00 bits per heavy atom. The summed E-state index contributed by atoms with van der Waals surface area (Å²) in [5, 5.41) is 13.5. The van der Waals surface area contributed by atoms with E-state index in [0.717, 1.165) is 0 Å². The molecule has 23 heavy (non-hydrogen) atoms. The van der Waals surface area contributed by atoms with Crippen molar-refractivity contribution in [3.05, 3.63) is 53.6 Å². The maximum absolute atomic E-state index is 11.9. The smallest absolute Gasteiger partial charge is 0.271 e. The molecular weight excluding hydrogens is 296 g/mol. The Morgan fingerprint density at radius 3 is 2.65 bits per heavy atom. The first-order chi connectivity index (χ1) is 11.1. The fourth-order valence-electron chi connectivity index (χ4n) is 1.85. The summed E-state index contributed by atoms with van der Waals surface area (Å²) in [7, 11) is 1.56. The lowest BCUT2D eigenvalue weighted by molar-refractivity contribution is 0.0955. The summed E-state index contributed by atoms with van der Waals surface area (Å²) in [5.41, 5.74) is 3.61. The molecule has 0 aromatic heterocycles. The third-order valence-electron chi connectivity index (χ3n) is 3.02. The zero-order valence-corrected chi connectivity index (χ0v) is 12.9. The minimum Gasteiger partial charge on any atom is -0.504 e. The Bertz CT molecular complexity index is 696. The van der Waals surface area contributed by atoms with Crippen LogP contribution in [0, 0.1) is 0 Å². The molecule has 0 fully saturated rings. The number of amides is 1. The molecule has 0 aliphatic heterocycles. The van der Waals surface area contributed by atoms with Crippen molar-refractivity contribution in [3.63, 3.8) is 0 Å². The highest BCUT2D eigenvalue weighted by Gasteiger charge is 2.05. The molecule has 0 atom stereocenters. The standard InChI is InChI=1S/C17H18N2O4/c1-3-23-16-10-12(4-9-15(16)20)11-18-19-17(21)13-5-7-14(22-2)8-6-13/h4-11,20H,3H2,1-2H3,(H,19,21)/b18-11-. The fraction of sp³-hybridized carbons (Fsp3) is 0.176. The summed E-state index contributed by atoms with van der Waals surface area (Å²) in [4.78, 5) is 11.9. The van der Waals surface area contributed by atoms with E-state index in [9.17, 15) is 9.90 Å². The lowest BCUT2D eigenvalue weighted by Crippen LogP contribution is -2.17. The van der Waals surface area contributed by atoms with Crippen molar-refractivity contribution in [3.8, 4) is 17.2 Å². The summed E-state index contributed by atoms with van der Waals surface area (Å²) in [6.07, 6.45) is 1.48. The van der Waals surface area contributed by atoms with Gasteiger partial charge in [0.25, 0.3) is 5.91 Å². The summed E-state index contributed by atoms with van der Waals surface area (Å²) in [6, 6.07) is 11.5. The van der Waals surface area contributed by atoms with Crippen LogP contribution in [0.3, 0.4) is 0 Å². The second kappa shape index (κ2) is 7.84. The molecule has 0 heterocycles. The van der Waals surface area contributed by atoms with Crippen LogP contribution in [0.5, 0.6) is 17.2 Å². The van der Waals surface area contributed by atoms with Gasteiger partial charge < -0.3 is 14.6 Å². The van der Waals surface area contributed by atoms with Gasteiger partial charge in [-0.25, -0.2) is 5.43 Å². The van der Waals surface area contributed by atoms with Crippen LogP contribution < -0.4 is 14.9 Å². The fourth-order valence-corrected chi connectivity index (χ4v) is 1.85. The number of benzene rings is 2. The Hall–Kier alpha value is -3.02. The van der Waals surface area contributed by atoms with Crippen LogP contribution >= 0.6 is 0 Å². The molecule has 2 N–H and O–H groups in total. The molecule has 2 aromatic rings. The number of hydrogen-bond acceptors (Lipinski definition) is 5. The van der Waals surface area contributed by atoms with Gasteiger partial charge in [-0.2, -0.15) is 5.10 Å². The molecule has 0 aliphatic rings. The zero-order chi connectivity index (χ0) is 16.7. The molecule has 2 rings (SSSR count). The molecule has 0 radical (unpaired) electrons. The molecule has 0 saturated carbocycles. The van der Waals surface area contributed by atoms with Gasteiger partial charge in [0.1, 0.15) is 5.75 Å². The van der Waals surface area contributed by atoms with Gasteiger partial charge in [0.2, 0.25) is 0 Å². The number of nitrogens with zero attached hydrogens (tertiary/aromatic N) is 1. The van der Waals surface area contributed by atoms with E-state index in [0.29, 0.717) is 29.2 Å². The molecule has 6 heteroatoms. The topological polar surface area (TPSA) is 80.2 Å². The third-order valence-corrected chi connectivity index (χ3v) is 3.02. The van der Waals surface area contributed by atoms with Crippen LogP contribution in [0.15, 0.2) is 47.6 Å². The first-order valence-corrected chi connectivity index (χ1v) is 7.07. The molecule has 6 nitrogen and oxygen atoms in total. The summed E-state index contributed by atoms with van der Waals surface area (Å²) < 4.78 is 10.3. The van der Waals surface area contributed by atoms with Crippen molar-refractivity contribution in [2.45, 2.75) is 6.92 Å². The molecule has 120 valence electrons. The number of nitrogens with one attached hydrogen (secondary N) is 1. The number of rotatable bonds is 6. The van der Waals surface area contributed by atoms with Gasteiger partial charge in [0.15, 0.2) is 11.5 Å². The van der Waals surface area contributed by atoms with E-state index < -0.39 is 0 Å². The van der Waals surface area contributed by atoms with Crippen molar-refractivity contribution < 1.29 is 19.4 Å². The van der Waals surface area contributed by atoms with E-state index in [-0.39, 0.29) is 11.7 Å². The van der Waals surface area contributed by atoms with Crippen molar-refractivity contribution in [2.75, 3.05) is 13.7 Å². The number of hydrogen-bond donors (Lipinski definition) is 2. The maximum Gasteiger partial charge on any atom is 0.271 e. The second-order valence-electron chi connectivity index (χ2n) is 4.59. The number of aromatic hydroxyl groups is 1. The van der Waals surface area contributed by atoms with Crippen LogP contribution in [0.4, 0.5) is 0 Å². The van der Waals surface area contributed by atoms with E-state index in [1.54, 1.807) is 43.5 Å². The van der Waals surface area contributed by atoms with E-state index in [1.807, 2.05) is 6.92 Å². The quantitative estimate of drug-likeness (QED) is 0.634. The van der Waals surface area contributed by atoms with Crippen LogP contribution in [-0.2, 0) is 0 Å². The summed E-state index contributed by atoms with van der Waals surface area (Å²) in [6.45, 7) is 2.28. The Labute approximate surface area is 134 Å². The maximum atomic E-state index is 11.9. The minimum absolute atomic E-state index is 0.0614. The highest BCUT2D eigenvalue weighted by atomic mass is 16.5. The number of phenolic OH excluding ortho intramolecular Hbond substituents is 1. The monoisotopic (exact) mass is 314 g/mol. The lowest BCUT2D eigenvalue weighted by Gasteiger charge is -2.06. The number of methoxy groups -OCH3 is 1. The van der Waals surface area contributed by atoms with Crippen molar-refractivity contribution in [1.82, 2.24) is 5.43 Å². The van der Waals surface area contributed by atoms with Crippen LogP contribution in [0.25, 0.3) is 0 Å². The molecule has 0 bridgehead atoms. The Kier molecular flexibility index (Phi) is 5.57. The Morgan fingerprint density at radius 1 is 1.26 bits per heavy atom. The van der Waals surface area contributed by atoms with E-state index in [2.05, 4.69) is 10.5 Å². The van der Waals surface area contributed by atoms with Crippen molar-refractivity contribution in [2.24, 2.45) is 5.10 Å². The van der Waals surface area contributed by atoms with Crippen LogP contribution in [0.1, 0.15) is 22.8 Å². The number of phenols is 1. The molecular formula is C17H18N2O4. The van der Waals surface area contributed by atoms with Gasteiger partial charge in [0.05, 0.1) is 19.9 Å². The Balaban J connectivity index is 2.00. The molecule has 1 amide bonds. The van der Waals surface area contributed by atoms with Crippen molar-refractivity contribution >= 4 is 12.1 Å². The molecule has 0 aliphatic carbocycles. The van der Waals surface area contributed by atoms with Gasteiger partial charge in [-0.1, -0.05) is 0 Å². The van der Waals surface area contributed by atoms with Gasteiger partial charge in [-0.15, -0.1) is 0 Å². The number of carbonyl (C=O) groups excluding carboxylic acids is 1. The zero-order valence-electron chi connectivity index (χ0n) is 12.9. The predicted octanol–water partition coefficient (Wildman–Crippen LogP) is 2.56. The lowest BCUT2D eigenvalue weighted by atomic mass is 10.2. The van der Waals surface area contributed by atoms with Gasteiger partial charge in [-0.3, -0.25) is 4.79 Å². The highest BCUT2D eigenvalue weighted by Crippen LogP contribution is 2.26. The van der Waals surface area contributed by atoms with Crippen molar-refractivity contribution in [1.29, 1.82) is 0 Å². The molecule has 0 saturated heterocycles. The number of carbonyl (C=O) groups is 1.